The van der Waals surface area contributed by atoms with Crippen LogP contribution in [0, 0.1) is 13.8 Å². The number of rotatable bonds is 4. The predicted octanol–water partition coefficient (Wildman–Crippen LogP) is 2.60. The molecule has 1 aliphatic rings. The first-order valence-electron chi connectivity index (χ1n) is 7.32. The van der Waals surface area contributed by atoms with Crippen LogP contribution in [0.2, 0.25) is 0 Å². The van der Waals surface area contributed by atoms with E-state index in [4.69, 9.17) is 0 Å². The first kappa shape index (κ1) is 18.5. The van der Waals surface area contributed by atoms with Gasteiger partial charge in [-0.3, -0.25) is 14.5 Å². The lowest BCUT2D eigenvalue weighted by atomic mass is 10.0. The summed E-state index contributed by atoms with van der Waals surface area (Å²) in [6.45, 7) is 4.75. The molecule has 0 spiro atoms. The minimum Gasteiger partial charge on any atom is -0.480 e. The van der Waals surface area contributed by atoms with Gasteiger partial charge in [0.05, 0.1) is 6.54 Å². The number of hydrogen-bond acceptors (Lipinski definition) is 3. The molecule has 1 fully saturated rings. The SMILES string of the molecule is Cc1cccc(NC(=O)CN2CCCCC2C(=O)O)c1C.Cl. The summed E-state index contributed by atoms with van der Waals surface area (Å²) < 4.78 is 0. The monoisotopic (exact) mass is 326 g/mol. The Bertz CT molecular complexity index is 548. The normalized spacial score (nSPS) is 18.4. The van der Waals surface area contributed by atoms with Crippen molar-refractivity contribution in [1.82, 2.24) is 4.90 Å². The fraction of sp³-hybridized carbons (Fsp3) is 0.500. The molecule has 1 atom stereocenters. The van der Waals surface area contributed by atoms with E-state index in [0.29, 0.717) is 13.0 Å². The van der Waals surface area contributed by atoms with Crippen LogP contribution in [0.4, 0.5) is 5.69 Å². The predicted molar refractivity (Wildman–Crippen MR) is 88.6 cm³/mol. The molecule has 2 N–H and O–H groups in total. The Kier molecular flexibility index (Phi) is 6.84. The van der Waals surface area contributed by atoms with Crippen LogP contribution in [0.5, 0.6) is 0 Å². The smallest absolute Gasteiger partial charge is 0.320 e. The number of benzene rings is 1. The molecular formula is C16H23ClN2O3. The zero-order valence-electron chi connectivity index (χ0n) is 13.0. The molecule has 0 radical (unpaired) electrons. The first-order valence-corrected chi connectivity index (χ1v) is 7.32. The number of nitrogens with zero attached hydrogens (tertiary/aromatic N) is 1. The highest BCUT2D eigenvalue weighted by Gasteiger charge is 2.29. The minimum atomic E-state index is -0.839. The van der Waals surface area contributed by atoms with Crippen molar-refractivity contribution in [3.05, 3.63) is 29.3 Å². The van der Waals surface area contributed by atoms with Crippen molar-refractivity contribution in [3.8, 4) is 0 Å². The third-order valence-electron chi connectivity index (χ3n) is 4.12. The molecule has 0 aliphatic carbocycles. The summed E-state index contributed by atoms with van der Waals surface area (Å²) in [5.74, 6) is -0.994. The van der Waals surface area contributed by atoms with E-state index >= 15 is 0 Å². The number of anilines is 1. The Hall–Kier alpha value is -1.59. The molecule has 1 saturated heterocycles. The quantitative estimate of drug-likeness (QED) is 0.892. The van der Waals surface area contributed by atoms with Crippen LogP contribution in [0.3, 0.4) is 0 Å². The van der Waals surface area contributed by atoms with Crippen LogP contribution in [-0.4, -0.2) is 41.0 Å². The molecule has 1 unspecified atom stereocenters. The fourth-order valence-electron chi connectivity index (χ4n) is 2.72. The molecule has 1 aromatic carbocycles. The molecule has 1 heterocycles. The lowest BCUT2D eigenvalue weighted by molar-refractivity contribution is -0.145. The second kappa shape index (κ2) is 8.15. The first-order chi connectivity index (χ1) is 9.99. The molecule has 1 amide bonds. The summed E-state index contributed by atoms with van der Waals surface area (Å²) in [6.07, 6.45) is 2.47. The van der Waals surface area contributed by atoms with Crippen molar-refractivity contribution in [2.75, 3.05) is 18.4 Å². The number of carbonyl (C=O) groups is 2. The maximum absolute atomic E-state index is 12.2. The Morgan fingerprint density at radius 1 is 1.32 bits per heavy atom. The summed E-state index contributed by atoms with van der Waals surface area (Å²) in [5.41, 5.74) is 2.96. The van der Waals surface area contributed by atoms with Crippen molar-refractivity contribution >= 4 is 30.0 Å². The molecule has 1 aromatic rings. The van der Waals surface area contributed by atoms with Crippen molar-refractivity contribution in [2.24, 2.45) is 0 Å². The van der Waals surface area contributed by atoms with Gasteiger partial charge in [-0.15, -0.1) is 12.4 Å². The maximum atomic E-state index is 12.2. The zero-order chi connectivity index (χ0) is 15.4. The van der Waals surface area contributed by atoms with Crippen molar-refractivity contribution in [1.29, 1.82) is 0 Å². The average molecular weight is 327 g/mol. The van der Waals surface area contributed by atoms with E-state index in [0.717, 1.165) is 29.7 Å². The Morgan fingerprint density at radius 2 is 2.05 bits per heavy atom. The molecule has 0 bridgehead atoms. The number of hydrogen-bond donors (Lipinski definition) is 2. The van der Waals surface area contributed by atoms with Crippen molar-refractivity contribution in [2.45, 2.75) is 39.2 Å². The molecule has 22 heavy (non-hydrogen) atoms. The number of likely N-dealkylation sites (tertiary alicyclic amines) is 1. The van der Waals surface area contributed by atoms with Gasteiger partial charge < -0.3 is 10.4 Å². The number of carbonyl (C=O) groups excluding carboxylic acids is 1. The van der Waals surface area contributed by atoms with Crippen LogP contribution in [0.25, 0.3) is 0 Å². The second-order valence-corrected chi connectivity index (χ2v) is 5.62. The summed E-state index contributed by atoms with van der Waals surface area (Å²) in [4.78, 5) is 25.2. The molecule has 5 nitrogen and oxygen atoms in total. The van der Waals surface area contributed by atoms with E-state index in [1.54, 1.807) is 4.90 Å². The third-order valence-corrected chi connectivity index (χ3v) is 4.12. The number of aryl methyl sites for hydroxylation is 1. The number of carboxylic acid groups (broad SMARTS) is 1. The molecule has 1 aliphatic heterocycles. The lowest BCUT2D eigenvalue weighted by Crippen LogP contribution is -2.47. The van der Waals surface area contributed by atoms with Gasteiger partial charge in [-0.1, -0.05) is 18.6 Å². The van der Waals surface area contributed by atoms with Crippen LogP contribution in [-0.2, 0) is 9.59 Å². The van der Waals surface area contributed by atoms with E-state index in [-0.39, 0.29) is 24.9 Å². The van der Waals surface area contributed by atoms with E-state index in [1.165, 1.54) is 0 Å². The van der Waals surface area contributed by atoms with E-state index in [2.05, 4.69) is 5.32 Å². The molecule has 6 heteroatoms. The topological polar surface area (TPSA) is 69.6 Å². The highest BCUT2D eigenvalue weighted by atomic mass is 35.5. The van der Waals surface area contributed by atoms with Crippen LogP contribution < -0.4 is 5.32 Å². The zero-order valence-corrected chi connectivity index (χ0v) is 13.8. The second-order valence-electron chi connectivity index (χ2n) is 5.62. The summed E-state index contributed by atoms with van der Waals surface area (Å²) in [6, 6.07) is 5.23. The maximum Gasteiger partial charge on any atom is 0.320 e. The van der Waals surface area contributed by atoms with Crippen molar-refractivity contribution < 1.29 is 14.7 Å². The number of carboxylic acids is 1. The Morgan fingerprint density at radius 3 is 2.73 bits per heavy atom. The van der Waals surface area contributed by atoms with Crippen LogP contribution in [0.1, 0.15) is 30.4 Å². The lowest BCUT2D eigenvalue weighted by Gasteiger charge is -2.32. The third kappa shape index (κ3) is 4.45. The van der Waals surface area contributed by atoms with Gasteiger partial charge in [0, 0.05) is 5.69 Å². The van der Waals surface area contributed by atoms with E-state index in [1.807, 2.05) is 32.0 Å². The van der Waals surface area contributed by atoms with Gasteiger partial charge in [-0.05, 0) is 50.4 Å². The van der Waals surface area contributed by atoms with E-state index < -0.39 is 12.0 Å². The Labute approximate surface area is 137 Å². The number of piperidine rings is 1. The summed E-state index contributed by atoms with van der Waals surface area (Å²) in [5, 5.41) is 12.1. The molecular weight excluding hydrogens is 304 g/mol. The van der Waals surface area contributed by atoms with Gasteiger partial charge in [0.15, 0.2) is 0 Å². The van der Waals surface area contributed by atoms with Gasteiger partial charge in [-0.2, -0.15) is 0 Å². The van der Waals surface area contributed by atoms with Gasteiger partial charge in [0.2, 0.25) is 5.91 Å². The molecule has 0 aromatic heterocycles. The molecule has 122 valence electrons. The molecule has 0 saturated carbocycles. The summed E-state index contributed by atoms with van der Waals surface area (Å²) in [7, 11) is 0. The van der Waals surface area contributed by atoms with Crippen LogP contribution in [0.15, 0.2) is 18.2 Å². The van der Waals surface area contributed by atoms with Crippen molar-refractivity contribution in [3.63, 3.8) is 0 Å². The number of nitrogens with one attached hydrogen (secondary N) is 1. The highest BCUT2D eigenvalue weighted by Crippen LogP contribution is 2.19. The standard InChI is InChI=1S/C16H22N2O3.ClH/c1-11-6-5-7-13(12(11)2)17-15(19)10-18-9-4-3-8-14(18)16(20)21;/h5-7,14H,3-4,8-10H2,1-2H3,(H,17,19)(H,20,21);1H. The van der Waals surface area contributed by atoms with Gasteiger partial charge in [0.25, 0.3) is 0 Å². The fourth-order valence-corrected chi connectivity index (χ4v) is 2.72. The van der Waals surface area contributed by atoms with Gasteiger partial charge in [-0.25, -0.2) is 0 Å². The summed E-state index contributed by atoms with van der Waals surface area (Å²) >= 11 is 0. The highest BCUT2D eigenvalue weighted by molar-refractivity contribution is 5.93. The van der Waals surface area contributed by atoms with Gasteiger partial charge >= 0.3 is 5.97 Å². The number of amides is 1. The van der Waals surface area contributed by atoms with Gasteiger partial charge in [0.1, 0.15) is 6.04 Å². The molecule has 2 rings (SSSR count). The van der Waals surface area contributed by atoms with E-state index in [9.17, 15) is 14.7 Å². The number of halogens is 1. The Balaban J connectivity index is 0.00000242. The average Bonchev–Trinajstić information content (AvgIpc) is 2.44. The minimum absolute atomic E-state index is 0. The van der Waals surface area contributed by atoms with Crippen LogP contribution >= 0.6 is 12.4 Å². The largest absolute Gasteiger partial charge is 0.480 e. The number of aliphatic carboxylic acids is 1.